The van der Waals surface area contributed by atoms with Crippen LogP contribution < -0.4 is 10.5 Å². The highest BCUT2D eigenvalue weighted by molar-refractivity contribution is 5.92. The molecule has 0 aliphatic heterocycles. The Morgan fingerprint density at radius 3 is 2.57 bits per heavy atom. The van der Waals surface area contributed by atoms with Crippen LogP contribution >= 0.6 is 0 Å². The molecule has 4 aromatic rings. The first-order valence-corrected chi connectivity index (χ1v) is 8.96. The number of anilines is 1. The molecule has 0 radical (unpaired) electrons. The number of aromatic nitrogens is 4. The molecule has 0 aliphatic rings. The van der Waals surface area contributed by atoms with Gasteiger partial charge < -0.3 is 4.90 Å². The van der Waals surface area contributed by atoms with Gasteiger partial charge in [-0.15, -0.1) is 0 Å². The van der Waals surface area contributed by atoms with Gasteiger partial charge in [0.25, 0.3) is 11.2 Å². The monoisotopic (exact) mass is 404 g/mol. The van der Waals surface area contributed by atoms with E-state index >= 15 is 0 Å². The SMILES string of the molecule is CN(C(=O)Cn1cnc2c(cnn2-c2ccccc2[N+](=O)[O-])c1=O)c1ccccc1. The first-order chi connectivity index (χ1) is 14.5. The lowest BCUT2D eigenvalue weighted by atomic mass is 10.2. The summed E-state index contributed by atoms with van der Waals surface area (Å²) < 4.78 is 2.44. The quantitative estimate of drug-likeness (QED) is 0.372. The van der Waals surface area contributed by atoms with Gasteiger partial charge in [-0.1, -0.05) is 30.3 Å². The molecule has 0 N–H and O–H groups in total. The Bertz CT molecular complexity index is 1310. The zero-order chi connectivity index (χ0) is 21.3. The Kier molecular flexibility index (Phi) is 4.80. The average Bonchev–Trinajstić information content (AvgIpc) is 3.20. The van der Waals surface area contributed by atoms with Crippen LogP contribution in [-0.4, -0.2) is 37.2 Å². The normalized spacial score (nSPS) is 10.8. The lowest BCUT2D eigenvalue weighted by molar-refractivity contribution is -0.384. The average molecular weight is 404 g/mol. The number of fused-ring (bicyclic) bond motifs is 1. The minimum atomic E-state index is -0.526. The summed E-state index contributed by atoms with van der Waals surface area (Å²) in [5, 5.41) is 15.6. The predicted molar refractivity (Wildman–Crippen MR) is 110 cm³/mol. The first-order valence-electron chi connectivity index (χ1n) is 8.96. The Hall–Kier alpha value is -4.34. The molecule has 4 rings (SSSR count). The summed E-state index contributed by atoms with van der Waals surface area (Å²) in [4.78, 5) is 41.9. The number of carbonyl (C=O) groups excluding carboxylic acids is 1. The van der Waals surface area contributed by atoms with Gasteiger partial charge in [0.2, 0.25) is 5.91 Å². The summed E-state index contributed by atoms with van der Waals surface area (Å²) >= 11 is 0. The molecule has 0 aliphatic carbocycles. The molecule has 0 atom stereocenters. The van der Waals surface area contributed by atoms with Crippen molar-refractivity contribution in [2.45, 2.75) is 6.54 Å². The smallest absolute Gasteiger partial charge is 0.294 e. The Morgan fingerprint density at radius 1 is 1.13 bits per heavy atom. The highest BCUT2D eigenvalue weighted by Gasteiger charge is 2.20. The van der Waals surface area contributed by atoms with Crippen LogP contribution in [0.3, 0.4) is 0 Å². The molecule has 0 bridgehead atoms. The molecule has 2 aromatic heterocycles. The fourth-order valence-corrected chi connectivity index (χ4v) is 3.08. The van der Waals surface area contributed by atoms with E-state index in [1.807, 2.05) is 18.2 Å². The predicted octanol–water partition coefficient (Wildman–Crippen LogP) is 2.15. The van der Waals surface area contributed by atoms with Gasteiger partial charge in [-0.25, -0.2) is 9.67 Å². The summed E-state index contributed by atoms with van der Waals surface area (Å²) in [6.45, 7) is -0.205. The van der Waals surface area contributed by atoms with Crippen LogP contribution in [0.2, 0.25) is 0 Å². The number of nitrogens with zero attached hydrogens (tertiary/aromatic N) is 6. The van der Waals surface area contributed by atoms with Gasteiger partial charge in [-0.3, -0.25) is 24.3 Å². The van der Waals surface area contributed by atoms with Crippen LogP contribution in [0.15, 0.2) is 71.9 Å². The van der Waals surface area contributed by atoms with Crippen molar-refractivity contribution < 1.29 is 9.72 Å². The van der Waals surface area contributed by atoms with E-state index in [2.05, 4.69) is 10.1 Å². The minimum absolute atomic E-state index is 0.158. The molecule has 1 amide bonds. The van der Waals surface area contributed by atoms with Crippen molar-refractivity contribution in [3.05, 3.63) is 87.6 Å². The molecule has 150 valence electrons. The molecule has 30 heavy (non-hydrogen) atoms. The molecule has 2 aromatic carbocycles. The number of para-hydroxylation sites is 3. The number of likely N-dealkylation sites (N-methyl/N-ethyl adjacent to an activating group) is 1. The number of hydrogen-bond donors (Lipinski definition) is 0. The van der Waals surface area contributed by atoms with E-state index < -0.39 is 10.5 Å². The topological polar surface area (TPSA) is 116 Å². The second kappa shape index (κ2) is 7.59. The molecule has 10 heteroatoms. The standard InChI is InChI=1S/C20H16N6O4/c1-23(14-7-3-2-4-8-14)18(27)12-24-13-21-19-15(20(24)28)11-22-25(19)16-9-5-6-10-17(16)26(29)30/h2-11,13H,12H2,1H3. The van der Waals surface area contributed by atoms with Crippen molar-refractivity contribution in [2.75, 3.05) is 11.9 Å². The Balaban J connectivity index is 1.69. The zero-order valence-electron chi connectivity index (χ0n) is 15.9. The molecule has 0 unspecified atom stereocenters. The molecule has 10 nitrogen and oxygen atoms in total. The zero-order valence-corrected chi connectivity index (χ0v) is 15.9. The minimum Gasteiger partial charge on any atom is -0.314 e. The van der Waals surface area contributed by atoms with Gasteiger partial charge in [-0.2, -0.15) is 5.10 Å². The largest absolute Gasteiger partial charge is 0.314 e. The summed E-state index contributed by atoms with van der Waals surface area (Å²) in [5.74, 6) is -0.296. The van der Waals surface area contributed by atoms with E-state index in [1.165, 1.54) is 38.8 Å². The summed E-state index contributed by atoms with van der Waals surface area (Å²) in [6.07, 6.45) is 2.54. The van der Waals surface area contributed by atoms with E-state index in [0.29, 0.717) is 5.69 Å². The van der Waals surface area contributed by atoms with Crippen LogP contribution in [0.25, 0.3) is 16.7 Å². The van der Waals surface area contributed by atoms with Gasteiger partial charge in [0.1, 0.15) is 23.9 Å². The summed E-state index contributed by atoms with van der Waals surface area (Å²) in [5.41, 5.74) is 0.457. The van der Waals surface area contributed by atoms with Crippen LogP contribution in [0.4, 0.5) is 11.4 Å². The van der Waals surface area contributed by atoms with Crippen molar-refractivity contribution in [1.82, 2.24) is 19.3 Å². The number of benzene rings is 2. The third kappa shape index (κ3) is 3.30. The van der Waals surface area contributed by atoms with E-state index in [-0.39, 0.29) is 34.9 Å². The van der Waals surface area contributed by atoms with Gasteiger partial charge in [-0.05, 0) is 18.2 Å². The number of nitro benzene ring substituents is 1. The van der Waals surface area contributed by atoms with E-state index in [0.717, 1.165) is 0 Å². The maximum atomic E-state index is 12.9. The maximum absolute atomic E-state index is 12.9. The van der Waals surface area contributed by atoms with Gasteiger partial charge in [0.05, 0.1) is 11.1 Å². The number of rotatable bonds is 5. The summed E-state index contributed by atoms with van der Waals surface area (Å²) in [6, 6.07) is 15.1. The lowest BCUT2D eigenvalue weighted by Gasteiger charge is -2.17. The molecule has 2 heterocycles. The van der Waals surface area contributed by atoms with Gasteiger partial charge in [0, 0.05) is 18.8 Å². The number of carbonyl (C=O) groups is 1. The van der Waals surface area contributed by atoms with Gasteiger partial charge >= 0.3 is 0 Å². The molecular formula is C20H16N6O4. The van der Waals surface area contributed by atoms with E-state index in [4.69, 9.17) is 0 Å². The molecule has 0 saturated heterocycles. The fourth-order valence-electron chi connectivity index (χ4n) is 3.08. The van der Waals surface area contributed by atoms with Gasteiger partial charge in [0.15, 0.2) is 5.65 Å². The molecule has 0 spiro atoms. The van der Waals surface area contributed by atoms with Crippen molar-refractivity contribution >= 4 is 28.3 Å². The van der Waals surface area contributed by atoms with Crippen molar-refractivity contribution in [2.24, 2.45) is 0 Å². The molecule has 0 fully saturated rings. The fraction of sp³-hybridized carbons (Fsp3) is 0.100. The number of nitro groups is 1. The van der Waals surface area contributed by atoms with E-state index in [9.17, 15) is 19.7 Å². The maximum Gasteiger partial charge on any atom is 0.294 e. The first kappa shape index (κ1) is 19.0. The molecule has 0 saturated carbocycles. The second-order valence-corrected chi connectivity index (χ2v) is 6.51. The Labute approximate surface area is 169 Å². The van der Waals surface area contributed by atoms with Crippen molar-refractivity contribution in [3.63, 3.8) is 0 Å². The van der Waals surface area contributed by atoms with Crippen LogP contribution in [0, 0.1) is 10.1 Å². The van der Waals surface area contributed by atoms with Crippen LogP contribution in [0.5, 0.6) is 0 Å². The van der Waals surface area contributed by atoms with Crippen LogP contribution in [0.1, 0.15) is 0 Å². The highest BCUT2D eigenvalue weighted by Crippen LogP contribution is 2.23. The lowest BCUT2D eigenvalue weighted by Crippen LogP contribution is -2.34. The van der Waals surface area contributed by atoms with Crippen molar-refractivity contribution in [1.29, 1.82) is 0 Å². The third-order valence-corrected chi connectivity index (χ3v) is 4.68. The Morgan fingerprint density at radius 2 is 1.83 bits per heavy atom. The second-order valence-electron chi connectivity index (χ2n) is 6.51. The van der Waals surface area contributed by atoms with E-state index in [1.54, 1.807) is 31.3 Å². The number of amides is 1. The van der Waals surface area contributed by atoms with Crippen LogP contribution in [-0.2, 0) is 11.3 Å². The highest BCUT2D eigenvalue weighted by atomic mass is 16.6. The number of hydrogen-bond acceptors (Lipinski definition) is 6. The summed E-state index contributed by atoms with van der Waals surface area (Å²) in [7, 11) is 1.63. The molecular weight excluding hydrogens is 388 g/mol. The third-order valence-electron chi connectivity index (χ3n) is 4.68. The van der Waals surface area contributed by atoms with Crippen molar-refractivity contribution in [3.8, 4) is 5.69 Å².